The normalized spacial score (nSPS) is 12.0. The van der Waals surface area contributed by atoms with Gasteiger partial charge in [-0.1, -0.05) is 127 Å². The Morgan fingerprint density at radius 2 is 0.927 bits per heavy atom. The van der Waals surface area contributed by atoms with Gasteiger partial charge < -0.3 is 4.57 Å². The highest BCUT2D eigenvalue weighted by molar-refractivity contribution is 7.26. The summed E-state index contributed by atoms with van der Waals surface area (Å²) in [5, 5.41) is 9.73. The lowest BCUT2D eigenvalue weighted by Crippen LogP contribution is -2.01. The van der Waals surface area contributed by atoms with Crippen LogP contribution in [0.5, 0.6) is 0 Å². The summed E-state index contributed by atoms with van der Waals surface area (Å²) in [6, 6.07) is 60.8. The second-order valence-corrected chi connectivity index (χ2v) is 16.1. The number of thiophene rings is 2. The van der Waals surface area contributed by atoms with Crippen molar-refractivity contribution < 1.29 is 0 Å². The molecule has 12 rings (SSSR count). The molecule has 0 atom stereocenters. The molecule has 0 saturated heterocycles. The fourth-order valence-corrected chi connectivity index (χ4v) is 10.6. The Hall–Kier alpha value is -6.73. The van der Waals surface area contributed by atoms with Crippen molar-refractivity contribution in [3.8, 4) is 39.9 Å². The average molecular weight is 737 g/mol. The molecule has 0 spiro atoms. The van der Waals surface area contributed by atoms with Crippen molar-refractivity contribution in [2.45, 2.75) is 0 Å². The van der Waals surface area contributed by atoms with Gasteiger partial charge in [-0.25, -0.2) is 15.0 Å². The van der Waals surface area contributed by atoms with Crippen molar-refractivity contribution in [2.75, 3.05) is 0 Å². The Labute approximate surface area is 323 Å². The first-order valence-electron chi connectivity index (χ1n) is 18.4. The molecule has 256 valence electrons. The van der Waals surface area contributed by atoms with Gasteiger partial charge in [-0.3, -0.25) is 0 Å². The highest BCUT2D eigenvalue weighted by Gasteiger charge is 2.20. The molecule has 0 amide bonds. The fraction of sp³-hybridized carbons (Fsp3) is 0. The van der Waals surface area contributed by atoms with Crippen molar-refractivity contribution in [3.05, 3.63) is 170 Å². The van der Waals surface area contributed by atoms with Crippen LogP contribution in [0.1, 0.15) is 0 Å². The van der Waals surface area contributed by atoms with E-state index in [4.69, 9.17) is 15.0 Å². The summed E-state index contributed by atoms with van der Waals surface area (Å²) in [4.78, 5) is 15.9. The standard InChI is InChI=1S/C49H28N4S2/c1-2-13-32-29(11-1)12-9-19-39(32)53-40-18-6-3-14-33(40)34-25-23-30(27-41(34)53)47-50-48(31-24-26-36-35-15-4-7-20-42(35)55-45(36)28-31)52-49(51-47)38-17-10-22-44-46(38)37-16-5-8-21-43(37)54-44/h1-28H. The molecular weight excluding hydrogens is 709 g/mol. The summed E-state index contributed by atoms with van der Waals surface area (Å²) in [6.45, 7) is 0. The van der Waals surface area contributed by atoms with Gasteiger partial charge in [-0.15, -0.1) is 22.7 Å². The number of nitrogens with zero attached hydrogens (tertiary/aromatic N) is 4. The number of para-hydroxylation sites is 1. The van der Waals surface area contributed by atoms with Gasteiger partial charge >= 0.3 is 0 Å². The van der Waals surface area contributed by atoms with Crippen LogP contribution in [-0.4, -0.2) is 19.5 Å². The van der Waals surface area contributed by atoms with E-state index < -0.39 is 0 Å². The largest absolute Gasteiger partial charge is 0.309 e. The molecule has 6 heteroatoms. The average Bonchev–Trinajstić information content (AvgIpc) is 3.92. The van der Waals surface area contributed by atoms with E-state index in [2.05, 4.69) is 174 Å². The highest BCUT2D eigenvalue weighted by Crippen LogP contribution is 2.42. The molecule has 55 heavy (non-hydrogen) atoms. The van der Waals surface area contributed by atoms with Crippen LogP contribution in [0.3, 0.4) is 0 Å². The number of benzene rings is 8. The Balaban J connectivity index is 1.13. The molecule has 0 unspecified atom stereocenters. The predicted octanol–water partition coefficient (Wildman–Crippen LogP) is 13.9. The maximum atomic E-state index is 5.32. The lowest BCUT2D eigenvalue weighted by Gasteiger charge is -2.13. The Morgan fingerprint density at radius 3 is 1.78 bits per heavy atom. The molecule has 0 fully saturated rings. The smallest absolute Gasteiger partial charge is 0.164 e. The molecule has 0 aliphatic carbocycles. The topological polar surface area (TPSA) is 43.6 Å². The van der Waals surface area contributed by atoms with Gasteiger partial charge in [0.25, 0.3) is 0 Å². The number of hydrogen-bond donors (Lipinski definition) is 0. The minimum Gasteiger partial charge on any atom is -0.309 e. The predicted molar refractivity (Wildman–Crippen MR) is 234 cm³/mol. The van der Waals surface area contributed by atoms with Crippen LogP contribution in [0.4, 0.5) is 0 Å². The summed E-state index contributed by atoms with van der Waals surface area (Å²) >= 11 is 3.61. The van der Waals surface area contributed by atoms with Gasteiger partial charge in [0.2, 0.25) is 0 Å². The lowest BCUT2D eigenvalue weighted by atomic mass is 10.0. The third-order valence-electron chi connectivity index (χ3n) is 10.9. The lowest BCUT2D eigenvalue weighted by molar-refractivity contribution is 1.08. The summed E-state index contributed by atoms with van der Waals surface area (Å²) < 4.78 is 7.36. The molecule has 0 radical (unpaired) electrons. The molecule has 8 aromatic carbocycles. The van der Waals surface area contributed by atoms with Crippen molar-refractivity contribution >= 4 is 95.6 Å². The summed E-state index contributed by atoms with van der Waals surface area (Å²) in [6.07, 6.45) is 0. The first-order valence-corrected chi connectivity index (χ1v) is 20.0. The van der Waals surface area contributed by atoms with E-state index in [0.29, 0.717) is 17.5 Å². The molecule has 4 heterocycles. The van der Waals surface area contributed by atoms with E-state index in [0.717, 1.165) is 33.4 Å². The van der Waals surface area contributed by atoms with Crippen molar-refractivity contribution in [3.63, 3.8) is 0 Å². The zero-order valence-corrected chi connectivity index (χ0v) is 30.9. The molecule has 4 nitrogen and oxygen atoms in total. The summed E-state index contributed by atoms with van der Waals surface area (Å²) in [5.74, 6) is 1.97. The number of aromatic nitrogens is 4. The van der Waals surface area contributed by atoms with E-state index in [1.165, 1.54) is 61.9 Å². The Morgan fingerprint density at radius 1 is 0.364 bits per heavy atom. The SMILES string of the molecule is c1ccc2c(-n3c4ccccc4c4ccc(-c5nc(-c6ccc7c(c6)sc6ccccc67)nc(-c6cccc7sc8ccccc8c67)n5)cc43)cccc2c1. The molecule has 0 saturated carbocycles. The third-order valence-corrected chi connectivity index (χ3v) is 13.1. The van der Waals surface area contributed by atoms with Gasteiger partial charge in [0.1, 0.15) is 0 Å². The van der Waals surface area contributed by atoms with Crippen molar-refractivity contribution in [1.29, 1.82) is 0 Å². The zero-order chi connectivity index (χ0) is 36.0. The van der Waals surface area contributed by atoms with E-state index in [-0.39, 0.29) is 0 Å². The van der Waals surface area contributed by atoms with Gasteiger partial charge in [-0.2, -0.15) is 0 Å². The summed E-state index contributed by atoms with van der Waals surface area (Å²) in [7, 11) is 0. The molecule has 0 bridgehead atoms. The van der Waals surface area contributed by atoms with Gasteiger partial charge in [0, 0.05) is 73.2 Å². The maximum Gasteiger partial charge on any atom is 0.164 e. The number of fused-ring (bicyclic) bond motifs is 10. The third kappa shape index (κ3) is 4.72. The molecular formula is C49H28N4S2. The van der Waals surface area contributed by atoms with Crippen molar-refractivity contribution in [1.82, 2.24) is 19.5 Å². The summed E-state index contributed by atoms with van der Waals surface area (Å²) in [5.41, 5.74) is 6.33. The van der Waals surface area contributed by atoms with Gasteiger partial charge in [0.05, 0.1) is 16.7 Å². The van der Waals surface area contributed by atoms with E-state index in [1.807, 2.05) is 11.3 Å². The zero-order valence-electron chi connectivity index (χ0n) is 29.3. The molecule has 0 aliphatic rings. The van der Waals surface area contributed by atoms with Crippen LogP contribution in [0.15, 0.2) is 170 Å². The van der Waals surface area contributed by atoms with Crippen LogP contribution in [-0.2, 0) is 0 Å². The number of rotatable bonds is 4. The van der Waals surface area contributed by atoms with Gasteiger partial charge in [-0.05, 0) is 47.9 Å². The van der Waals surface area contributed by atoms with Crippen LogP contribution in [0.25, 0.3) is 113 Å². The second-order valence-electron chi connectivity index (χ2n) is 14.0. The molecule has 4 aromatic heterocycles. The fourth-order valence-electron chi connectivity index (χ4n) is 8.35. The highest BCUT2D eigenvalue weighted by atomic mass is 32.1. The molecule has 0 N–H and O–H groups in total. The minimum atomic E-state index is 0.643. The van der Waals surface area contributed by atoms with Crippen LogP contribution < -0.4 is 0 Å². The van der Waals surface area contributed by atoms with Crippen molar-refractivity contribution in [2.24, 2.45) is 0 Å². The Bertz CT molecular complexity index is 3510. The molecule has 0 aliphatic heterocycles. The van der Waals surface area contributed by atoms with Crippen LogP contribution in [0, 0.1) is 0 Å². The van der Waals surface area contributed by atoms with Gasteiger partial charge in [0.15, 0.2) is 17.5 Å². The van der Waals surface area contributed by atoms with E-state index in [9.17, 15) is 0 Å². The second kappa shape index (κ2) is 11.9. The molecule has 12 aromatic rings. The van der Waals surface area contributed by atoms with E-state index in [1.54, 1.807) is 11.3 Å². The first-order chi connectivity index (χ1) is 27.2. The quantitative estimate of drug-likeness (QED) is 0.181. The first kappa shape index (κ1) is 30.7. The monoisotopic (exact) mass is 736 g/mol. The van der Waals surface area contributed by atoms with Crippen LogP contribution >= 0.6 is 22.7 Å². The number of hydrogen-bond acceptors (Lipinski definition) is 5. The van der Waals surface area contributed by atoms with E-state index >= 15 is 0 Å². The van der Waals surface area contributed by atoms with Crippen LogP contribution in [0.2, 0.25) is 0 Å². The maximum absolute atomic E-state index is 5.32. The Kier molecular flexibility index (Phi) is 6.64. The minimum absolute atomic E-state index is 0.643.